The Hall–Kier alpha value is -1.16. The number of rotatable bonds is 2. The highest BCUT2D eigenvalue weighted by atomic mass is 19.2. The first-order chi connectivity index (χ1) is 9.11. The van der Waals surface area contributed by atoms with Crippen LogP contribution in [0.3, 0.4) is 0 Å². The van der Waals surface area contributed by atoms with E-state index in [2.05, 4.69) is 19.2 Å². The molecular formula is C15H22F2N2. The molecule has 0 aliphatic carbocycles. The second-order valence-electron chi connectivity index (χ2n) is 5.31. The van der Waals surface area contributed by atoms with Crippen LogP contribution in [0.1, 0.15) is 33.1 Å². The van der Waals surface area contributed by atoms with Gasteiger partial charge in [-0.3, -0.25) is 0 Å². The largest absolute Gasteiger partial charge is 0.369 e. The molecule has 106 valence electrons. The van der Waals surface area contributed by atoms with Crippen LogP contribution in [0.25, 0.3) is 0 Å². The summed E-state index contributed by atoms with van der Waals surface area (Å²) in [7, 11) is 0. The summed E-state index contributed by atoms with van der Waals surface area (Å²) in [5, 5.41) is 3.57. The van der Waals surface area contributed by atoms with Crippen molar-refractivity contribution in [3.05, 3.63) is 29.8 Å². The molecule has 1 fully saturated rings. The van der Waals surface area contributed by atoms with E-state index in [9.17, 15) is 8.78 Å². The topological polar surface area (TPSA) is 15.3 Å². The molecule has 0 saturated carbocycles. The molecule has 0 aromatic heterocycles. The third-order valence-corrected chi connectivity index (χ3v) is 3.86. The zero-order valence-electron chi connectivity index (χ0n) is 11.6. The van der Waals surface area contributed by atoms with Gasteiger partial charge in [0, 0.05) is 25.2 Å². The Morgan fingerprint density at radius 1 is 1.26 bits per heavy atom. The van der Waals surface area contributed by atoms with Gasteiger partial charge in [0.05, 0.1) is 5.69 Å². The van der Waals surface area contributed by atoms with Gasteiger partial charge in [-0.1, -0.05) is 13.0 Å². The Morgan fingerprint density at radius 3 is 2.74 bits per heavy atom. The Bertz CT molecular complexity index is 423. The first kappa shape index (κ1) is 14.3. The number of anilines is 1. The van der Waals surface area contributed by atoms with E-state index >= 15 is 0 Å². The number of benzene rings is 1. The first-order valence-electron chi connectivity index (χ1n) is 7.06. The normalized spacial score (nSPS) is 24.9. The molecule has 19 heavy (non-hydrogen) atoms. The highest BCUT2D eigenvalue weighted by Gasteiger charge is 2.20. The number of hydrogen-bond donors (Lipinski definition) is 1. The maximum Gasteiger partial charge on any atom is 0.182 e. The van der Waals surface area contributed by atoms with Gasteiger partial charge in [0.15, 0.2) is 11.6 Å². The zero-order valence-corrected chi connectivity index (χ0v) is 11.6. The SMILES string of the molecule is CCC1CCN(c2cccc(F)c2F)CCC(C)N1. The lowest BCUT2D eigenvalue weighted by atomic mass is 10.0. The van der Waals surface area contributed by atoms with Gasteiger partial charge < -0.3 is 10.2 Å². The van der Waals surface area contributed by atoms with E-state index in [-0.39, 0.29) is 0 Å². The Kier molecular flexibility index (Phi) is 4.75. The Labute approximate surface area is 113 Å². The summed E-state index contributed by atoms with van der Waals surface area (Å²) in [6.07, 6.45) is 2.95. The first-order valence-corrected chi connectivity index (χ1v) is 7.06. The lowest BCUT2D eigenvalue weighted by Gasteiger charge is -2.33. The van der Waals surface area contributed by atoms with Gasteiger partial charge in [-0.15, -0.1) is 0 Å². The van der Waals surface area contributed by atoms with E-state index < -0.39 is 11.6 Å². The molecule has 2 atom stereocenters. The molecule has 2 nitrogen and oxygen atoms in total. The maximum absolute atomic E-state index is 13.9. The number of nitrogens with zero attached hydrogens (tertiary/aromatic N) is 1. The van der Waals surface area contributed by atoms with Crippen LogP contribution in [0, 0.1) is 11.6 Å². The summed E-state index contributed by atoms with van der Waals surface area (Å²) in [5.74, 6) is -1.49. The van der Waals surface area contributed by atoms with E-state index in [0.29, 0.717) is 17.8 Å². The van der Waals surface area contributed by atoms with Gasteiger partial charge >= 0.3 is 0 Å². The Morgan fingerprint density at radius 2 is 2.00 bits per heavy atom. The van der Waals surface area contributed by atoms with Crippen molar-refractivity contribution in [1.82, 2.24) is 5.32 Å². The van der Waals surface area contributed by atoms with Crippen LogP contribution in [0.5, 0.6) is 0 Å². The van der Waals surface area contributed by atoms with Crippen LogP contribution >= 0.6 is 0 Å². The molecule has 1 N–H and O–H groups in total. The molecule has 1 aliphatic heterocycles. The van der Waals surface area contributed by atoms with Crippen LogP contribution in [0.15, 0.2) is 18.2 Å². The molecule has 1 heterocycles. The van der Waals surface area contributed by atoms with Crippen LogP contribution in [-0.4, -0.2) is 25.2 Å². The van der Waals surface area contributed by atoms with E-state index in [1.165, 1.54) is 6.07 Å². The number of hydrogen-bond acceptors (Lipinski definition) is 2. The maximum atomic E-state index is 13.9. The van der Waals surface area contributed by atoms with E-state index in [4.69, 9.17) is 0 Å². The quantitative estimate of drug-likeness (QED) is 0.885. The van der Waals surface area contributed by atoms with Gasteiger partial charge in [0.2, 0.25) is 0 Å². The van der Waals surface area contributed by atoms with Crippen molar-refractivity contribution in [2.24, 2.45) is 0 Å². The molecule has 1 saturated heterocycles. The average molecular weight is 268 g/mol. The minimum absolute atomic E-state index is 0.393. The molecule has 1 aromatic carbocycles. The summed E-state index contributed by atoms with van der Waals surface area (Å²) >= 11 is 0. The molecule has 1 aromatic rings. The van der Waals surface area contributed by atoms with Gasteiger partial charge in [-0.25, -0.2) is 8.78 Å². The zero-order chi connectivity index (χ0) is 13.8. The summed E-state index contributed by atoms with van der Waals surface area (Å²) in [5.41, 5.74) is 0.393. The molecule has 0 bridgehead atoms. The molecule has 4 heteroatoms. The second-order valence-corrected chi connectivity index (χ2v) is 5.31. The second kappa shape index (κ2) is 6.33. The van der Waals surface area contributed by atoms with Gasteiger partial charge in [0.25, 0.3) is 0 Å². The fourth-order valence-electron chi connectivity index (χ4n) is 2.64. The third kappa shape index (κ3) is 3.44. The van der Waals surface area contributed by atoms with Crippen LogP contribution < -0.4 is 10.2 Å². The minimum atomic E-state index is -0.766. The van der Waals surface area contributed by atoms with Crippen LogP contribution in [0.2, 0.25) is 0 Å². The standard InChI is InChI=1S/C15H22F2N2/c1-3-12-8-10-19(9-7-11(2)18-12)14-6-4-5-13(16)15(14)17/h4-6,11-12,18H,3,7-10H2,1-2H3. The average Bonchev–Trinajstić information content (AvgIpc) is 2.38. The van der Waals surface area contributed by atoms with Crippen molar-refractivity contribution in [1.29, 1.82) is 0 Å². The molecule has 1 aliphatic rings. The van der Waals surface area contributed by atoms with E-state index in [1.54, 1.807) is 12.1 Å². The molecule has 0 spiro atoms. The summed E-state index contributed by atoms with van der Waals surface area (Å²) in [4.78, 5) is 1.97. The fourth-order valence-corrected chi connectivity index (χ4v) is 2.64. The highest BCUT2D eigenvalue weighted by molar-refractivity contribution is 5.48. The molecule has 2 unspecified atom stereocenters. The third-order valence-electron chi connectivity index (χ3n) is 3.86. The van der Waals surface area contributed by atoms with Crippen molar-refractivity contribution in [2.45, 2.75) is 45.2 Å². The summed E-state index contributed by atoms with van der Waals surface area (Å²) in [6, 6.07) is 5.27. The van der Waals surface area contributed by atoms with Crippen molar-refractivity contribution < 1.29 is 8.78 Å². The predicted molar refractivity (Wildman–Crippen MR) is 74.5 cm³/mol. The Balaban J connectivity index is 2.16. The van der Waals surface area contributed by atoms with Gasteiger partial charge in [0.1, 0.15) is 0 Å². The van der Waals surface area contributed by atoms with Crippen molar-refractivity contribution in [2.75, 3.05) is 18.0 Å². The summed E-state index contributed by atoms with van der Waals surface area (Å²) < 4.78 is 27.2. The molecule has 0 radical (unpaired) electrons. The summed E-state index contributed by atoms with van der Waals surface area (Å²) in [6.45, 7) is 5.82. The smallest absolute Gasteiger partial charge is 0.182 e. The van der Waals surface area contributed by atoms with Gasteiger partial charge in [-0.05, 0) is 38.3 Å². The number of nitrogens with one attached hydrogen (secondary N) is 1. The molecular weight excluding hydrogens is 246 g/mol. The fraction of sp³-hybridized carbons (Fsp3) is 0.600. The van der Waals surface area contributed by atoms with Crippen molar-refractivity contribution >= 4 is 5.69 Å². The molecule has 2 rings (SSSR count). The minimum Gasteiger partial charge on any atom is -0.369 e. The van der Waals surface area contributed by atoms with E-state index in [1.807, 2.05) is 4.90 Å². The van der Waals surface area contributed by atoms with Crippen LogP contribution in [-0.2, 0) is 0 Å². The van der Waals surface area contributed by atoms with E-state index in [0.717, 1.165) is 32.4 Å². The predicted octanol–water partition coefficient (Wildman–Crippen LogP) is 3.32. The van der Waals surface area contributed by atoms with Gasteiger partial charge in [-0.2, -0.15) is 0 Å². The monoisotopic (exact) mass is 268 g/mol. The lowest BCUT2D eigenvalue weighted by Crippen LogP contribution is -2.44. The highest BCUT2D eigenvalue weighted by Crippen LogP contribution is 2.23. The lowest BCUT2D eigenvalue weighted by molar-refractivity contribution is 0.376. The van der Waals surface area contributed by atoms with Crippen LogP contribution in [0.4, 0.5) is 14.5 Å². The molecule has 0 amide bonds. The number of halogens is 2. The van der Waals surface area contributed by atoms with Crippen molar-refractivity contribution in [3.63, 3.8) is 0 Å². The van der Waals surface area contributed by atoms with Crippen molar-refractivity contribution in [3.8, 4) is 0 Å².